The van der Waals surface area contributed by atoms with Gasteiger partial charge >= 0.3 is 0 Å². The minimum absolute atomic E-state index is 0.403. The number of unbranched alkanes of at least 4 members (excludes halogenated alkanes) is 9. The maximum Gasteiger partial charge on any atom is 0.0809 e. The Bertz CT molecular complexity index is 364. The van der Waals surface area contributed by atoms with E-state index in [1.165, 1.54) is 57.8 Å². The van der Waals surface area contributed by atoms with E-state index in [2.05, 4.69) is 6.92 Å². The third kappa shape index (κ3) is 8.11. The van der Waals surface area contributed by atoms with Crippen LogP contribution in [0, 0.1) is 0 Å². The SMILES string of the molecule is CCCCCCCCCCCCC(O)c1ccccc1N. The fourth-order valence-corrected chi connectivity index (χ4v) is 2.79. The second kappa shape index (κ2) is 11.6. The zero-order chi connectivity index (χ0) is 15.3. The van der Waals surface area contributed by atoms with Gasteiger partial charge in [0.1, 0.15) is 0 Å². The average Bonchev–Trinajstić information content (AvgIpc) is 2.49. The summed E-state index contributed by atoms with van der Waals surface area (Å²) in [7, 11) is 0. The number of nitrogen functional groups attached to an aromatic ring is 1. The average molecular weight is 291 g/mol. The molecule has 21 heavy (non-hydrogen) atoms. The van der Waals surface area contributed by atoms with Gasteiger partial charge in [-0.25, -0.2) is 0 Å². The van der Waals surface area contributed by atoms with Crippen molar-refractivity contribution in [3.63, 3.8) is 0 Å². The van der Waals surface area contributed by atoms with Gasteiger partial charge in [0.15, 0.2) is 0 Å². The summed E-state index contributed by atoms with van der Waals surface area (Å²) in [4.78, 5) is 0. The fourth-order valence-electron chi connectivity index (χ4n) is 2.79. The third-order valence-electron chi connectivity index (χ3n) is 4.19. The largest absolute Gasteiger partial charge is 0.398 e. The summed E-state index contributed by atoms with van der Waals surface area (Å²) in [6.07, 6.45) is 13.7. The molecule has 0 bridgehead atoms. The van der Waals surface area contributed by atoms with Crippen LogP contribution in [0.25, 0.3) is 0 Å². The molecule has 3 N–H and O–H groups in total. The molecule has 1 unspecified atom stereocenters. The van der Waals surface area contributed by atoms with Crippen molar-refractivity contribution in [1.82, 2.24) is 0 Å². The first-order valence-electron chi connectivity index (χ1n) is 8.78. The second-order valence-electron chi connectivity index (χ2n) is 6.12. The van der Waals surface area contributed by atoms with E-state index in [1.807, 2.05) is 24.3 Å². The molecule has 0 radical (unpaired) electrons. The molecule has 0 aliphatic heterocycles. The maximum absolute atomic E-state index is 10.1. The summed E-state index contributed by atoms with van der Waals surface area (Å²) in [5.41, 5.74) is 7.47. The number of anilines is 1. The molecule has 0 heterocycles. The van der Waals surface area contributed by atoms with E-state index in [-0.39, 0.29) is 0 Å². The molecule has 0 amide bonds. The summed E-state index contributed by atoms with van der Waals surface area (Å²) >= 11 is 0. The molecule has 0 saturated carbocycles. The first-order valence-corrected chi connectivity index (χ1v) is 8.78. The molecule has 0 aliphatic rings. The Labute approximate surface area is 130 Å². The maximum atomic E-state index is 10.1. The lowest BCUT2D eigenvalue weighted by Gasteiger charge is -2.13. The van der Waals surface area contributed by atoms with E-state index in [0.29, 0.717) is 5.69 Å². The fraction of sp³-hybridized carbons (Fsp3) is 0.684. The highest BCUT2D eigenvalue weighted by Gasteiger charge is 2.09. The summed E-state index contributed by atoms with van der Waals surface area (Å²) in [6, 6.07) is 7.63. The van der Waals surface area contributed by atoms with Crippen LogP contribution in [0.1, 0.15) is 89.2 Å². The van der Waals surface area contributed by atoms with Gasteiger partial charge in [-0.05, 0) is 12.5 Å². The van der Waals surface area contributed by atoms with E-state index >= 15 is 0 Å². The van der Waals surface area contributed by atoms with Crippen molar-refractivity contribution in [2.75, 3.05) is 5.73 Å². The lowest BCUT2D eigenvalue weighted by atomic mass is 10.0. The highest BCUT2D eigenvalue weighted by Crippen LogP contribution is 2.24. The number of benzene rings is 1. The van der Waals surface area contributed by atoms with Crippen molar-refractivity contribution in [3.8, 4) is 0 Å². The zero-order valence-electron chi connectivity index (χ0n) is 13.7. The van der Waals surface area contributed by atoms with E-state index in [9.17, 15) is 5.11 Å². The molecule has 1 rings (SSSR count). The first-order chi connectivity index (χ1) is 10.3. The van der Waals surface area contributed by atoms with Crippen LogP contribution in [0.2, 0.25) is 0 Å². The molecule has 0 saturated heterocycles. The molecule has 0 aromatic heterocycles. The Hall–Kier alpha value is -1.02. The minimum atomic E-state index is -0.403. The highest BCUT2D eigenvalue weighted by atomic mass is 16.3. The Morgan fingerprint density at radius 3 is 1.95 bits per heavy atom. The molecular weight excluding hydrogens is 258 g/mol. The number of rotatable bonds is 12. The van der Waals surface area contributed by atoms with Gasteiger partial charge in [-0.15, -0.1) is 0 Å². The molecule has 120 valence electrons. The van der Waals surface area contributed by atoms with Gasteiger partial charge in [0.25, 0.3) is 0 Å². The number of nitrogens with two attached hydrogens (primary N) is 1. The first kappa shape index (κ1) is 18.0. The topological polar surface area (TPSA) is 46.2 Å². The van der Waals surface area contributed by atoms with E-state index in [4.69, 9.17) is 5.73 Å². The zero-order valence-corrected chi connectivity index (χ0v) is 13.7. The number of hydrogen-bond donors (Lipinski definition) is 2. The molecule has 1 aromatic rings. The van der Waals surface area contributed by atoms with E-state index in [0.717, 1.165) is 18.4 Å². The molecular formula is C19H33NO. The van der Waals surface area contributed by atoms with Crippen LogP contribution < -0.4 is 5.73 Å². The van der Waals surface area contributed by atoms with Gasteiger partial charge in [0, 0.05) is 11.3 Å². The van der Waals surface area contributed by atoms with Gasteiger partial charge in [0.05, 0.1) is 6.10 Å². The summed E-state index contributed by atoms with van der Waals surface area (Å²) in [6.45, 7) is 2.26. The van der Waals surface area contributed by atoms with Crippen molar-refractivity contribution in [3.05, 3.63) is 29.8 Å². The number of aliphatic hydroxyl groups excluding tert-OH is 1. The summed E-state index contributed by atoms with van der Waals surface area (Å²) in [5.74, 6) is 0. The van der Waals surface area contributed by atoms with Crippen molar-refractivity contribution in [1.29, 1.82) is 0 Å². The van der Waals surface area contributed by atoms with Crippen LogP contribution in [0.3, 0.4) is 0 Å². The van der Waals surface area contributed by atoms with E-state index in [1.54, 1.807) is 0 Å². The van der Waals surface area contributed by atoms with Crippen molar-refractivity contribution < 1.29 is 5.11 Å². The smallest absolute Gasteiger partial charge is 0.0809 e. The van der Waals surface area contributed by atoms with Crippen LogP contribution in [0.5, 0.6) is 0 Å². The molecule has 0 spiro atoms. The van der Waals surface area contributed by atoms with Gasteiger partial charge in [-0.2, -0.15) is 0 Å². The van der Waals surface area contributed by atoms with Crippen LogP contribution in [-0.2, 0) is 0 Å². The highest BCUT2D eigenvalue weighted by molar-refractivity contribution is 5.47. The molecule has 1 atom stereocenters. The van der Waals surface area contributed by atoms with Gasteiger partial charge in [0.2, 0.25) is 0 Å². The molecule has 1 aromatic carbocycles. The van der Waals surface area contributed by atoms with Gasteiger partial charge in [-0.3, -0.25) is 0 Å². The second-order valence-corrected chi connectivity index (χ2v) is 6.12. The Kier molecular flexibility index (Phi) is 9.98. The normalized spacial score (nSPS) is 12.5. The number of aliphatic hydroxyl groups is 1. The molecule has 2 heteroatoms. The summed E-state index contributed by atoms with van der Waals surface area (Å²) in [5, 5.41) is 10.1. The van der Waals surface area contributed by atoms with Crippen LogP contribution >= 0.6 is 0 Å². The van der Waals surface area contributed by atoms with Crippen LogP contribution in [-0.4, -0.2) is 5.11 Å². The van der Waals surface area contributed by atoms with Crippen molar-refractivity contribution in [2.45, 2.75) is 83.7 Å². The lowest BCUT2D eigenvalue weighted by molar-refractivity contribution is 0.164. The summed E-state index contributed by atoms with van der Waals surface area (Å²) < 4.78 is 0. The van der Waals surface area contributed by atoms with Gasteiger partial charge in [-0.1, -0.05) is 89.3 Å². The Morgan fingerprint density at radius 1 is 0.857 bits per heavy atom. The van der Waals surface area contributed by atoms with Crippen LogP contribution in [0.4, 0.5) is 5.69 Å². The molecule has 2 nitrogen and oxygen atoms in total. The number of para-hydroxylation sites is 1. The molecule has 0 fully saturated rings. The Balaban J connectivity index is 1.98. The predicted molar refractivity (Wildman–Crippen MR) is 92.3 cm³/mol. The quantitative estimate of drug-likeness (QED) is 0.388. The lowest BCUT2D eigenvalue weighted by Crippen LogP contribution is -2.01. The standard InChI is InChI=1S/C19H33NO/c1-2-3-4-5-6-7-8-9-10-11-16-19(21)17-14-12-13-15-18(17)20/h12-15,19,21H,2-11,16,20H2,1H3. The third-order valence-corrected chi connectivity index (χ3v) is 4.19. The monoisotopic (exact) mass is 291 g/mol. The van der Waals surface area contributed by atoms with Crippen molar-refractivity contribution in [2.24, 2.45) is 0 Å². The minimum Gasteiger partial charge on any atom is -0.398 e. The number of hydrogen-bond acceptors (Lipinski definition) is 2. The predicted octanol–water partition coefficient (Wildman–Crippen LogP) is 5.61. The van der Waals surface area contributed by atoms with Crippen LogP contribution in [0.15, 0.2) is 24.3 Å². The molecule has 0 aliphatic carbocycles. The van der Waals surface area contributed by atoms with Crippen molar-refractivity contribution >= 4 is 5.69 Å². The van der Waals surface area contributed by atoms with Gasteiger partial charge < -0.3 is 10.8 Å². The Morgan fingerprint density at radius 2 is 1.38 bits per heavy atom. The van der Waals surface area contributed by atoms with E-state index < -0.39 is 6.10 Å².